The lowest BCUT2D eigenvalue weighted by Gasteiger charge is -2.06. The van der Waals surface area contributed by atoms with Crippen LogP contribution in [0.2, 0.25) is 0 Å². The molecule has 0 unspecified atom stereocenters. The second-order valence-electron chi connectivity index (χ2n) is 4.88. The number of unbranched alkanes of at least 4 members (excludes halogenated alkanes) is 3. The monoisotopic (exact) mass is 259 g/mol. The van der Waals surface area contributed by atoms with Gasteiger partial charge in [0, 0.05) is 18.0 Å². The number of hydrogen-bond acceptors (Lipinski definition) is 2. The van der Waals surface area contributed by atoms with E-state index in [9.17, 15) is 4.79 Å². The van der Waals surface area contributed by atoms with Crippen LogP contribution in [0, 0.1) is 0 Å². The van der Waals surface area contributed by atoms with E-state index in [0.29, 0.717) is 5.69 Å². The highest BCUT2D eigenvalue weighted by Crippen LogP contribution is 2.23. The van der Waals surface area contributed by atoms with Gasteiger partial charge < -0.3 is 9.30 Å². The van der Waals surface area contributed by atoms with Crippen LogP contribution in [0.15, 0.2) is 24.3 Å². The zero-order valence-corrected chi connectivity index (χ0v) is 11.7. The molecule has 2 aromatic rings. The molecule has 0 saturated heterocycles. The van der Waals surface area contributed by atoms with Crippen LogP contribution in [0.3, 0.4) is 0 Å². The van der Waals surface area contributed by atoms with E-state index in [1.165, 1.54) is 19.3 Å². The largest absolute Gasteiger partial charge is 0.494 e. The van der Waals surface area contributed by atoms with Crippen LogP contribution < -0.4 is 4.74 Å². The van der Waals surface area contributed by atoms with Gasteiger partial charge in [-0.2, -0.15) is 0 Å². The van der Waals surface area contributed by atoms with Gasteiger partial charge in [-0.1, -0.05) is 26.2 Å². The highest BCUT2D eigenvalue weighted by molar-refractivity contribution is 5.89. The molecule has 0 atom stereocenters. The fraction of sp³-hybridized carbons (Fsp3) is 0.438. The summed E-state index contributed by atoms with van der Waals surface area (Å²) in [5, 5.41) is 1.05. The molecule has 0 N–H and O–H groups in total. The minimum Gasteiger partial charge on any atom is -0.494 e. The van der Waals surface area contributed by atoms with Crippen molar-refractivity contribution < 1.29 is 9.53 Å². The quantitative estimate of drug-likeness (QED) is 0.557. The average molecular weight is 259 g/mol. The molecule has 0 spiro atoms. The molecule has 1 aromatic heterocycles. The minimum absolute atomic E-state index is 0.690. The molecule has 0 aliphatic carbocycles. The van der Waals surface area contributed by atoms with Crippen molar-refractivity contribution in [1.29, 1.82) is 0 Å². The molecule has 19 heavy (non-hydrogen) atoms. The Kier molecular flexibility index (Phi) is 4.61. The van der Waals surface area contributed by atoms with Crippen molar-refractivity contribution in [2.45, 2.75) is 32.6 Å². The van der Waals surface area contributed by atoms with Gasteiger partial charge in [-0.15, -0.1) is 0 Å². The van der Waals surface area contributed by atoms with E-state index in [0.717, 1.165) is 36.0 Å². The molecule has 1 aromatic carbocycles. The third kappa shape index (κ3) is 3.16. The maximum atomic E-state index is 10.9. The van der Waals surface area contributed by atoms with Gasteiger partial charge in [0.15, 0.2) is 6.29 Å². The number of aryl methyl sites for hydroxylation is 1. The van der Waals surface area contributed by atoms with Crippen LogP contribution in [-0.2, 0) is 7.05 Å². The molecule has 1 heterocycles. The van der Waals surface area contributed by atoms with Crippen molar-refractivity contribution in [3.8, 4) is 5.75 Å². The second kappa shape index (κ2) is 6.41. The molecule has 0 fully saturated rings. The van der Waals surface area contributed by atoms with Gasteiger partial charge in [0.05, 0.1) is 12.3 Å². The fourth-order valence-corrected chi connectivity index (χ4v) is 2.27. The second-order valence-corrected chi connectivity index (χ2v) is 4.88. The number of fused-ring (bicyclic) bond motifs is 1. The molecule has 102 valence electrons. The van der Waals surface area contributed by atoms with Crippen LogP contribution in [0.5, 0.6) is 5.75 Å². The molecule has 3 nitrogen and oxygen atoms in total. The van der Waals surface area contributed by atoms with E-state index < -0.39 is 0 Å². The molecule has 0 amide bonds. The number of hydrogen-bond donors (Lipinski definition) is 0. The highest BCUT2D eigenvalue weighted by atomic mass is 16.5. The maximum absolute atomic E-state index is 10.9. The number of aldehydes is 1. The Bertz CT molecular complexity index is 557. The fourth-order valence-electron chi connectivity index (χ4n) is 2.27. The molecule has 0 saturated carbocycles. The highest BCUT2D eigenvalue weighted by Gasteiger charge is 2.05. The van der Waals surface area contributed by atoms with Crippen molar-refractivity contribution >= 4 is 17.2 Å². The Morgan fingerprint density at radius 3 is 2.79 bits per heavy atom. The summed E-state index contributed by atoms with van der Waals surface area (Å²) in [7, 11) is 1.90. The first-order valence-corrected chi connectivity index (χ1v) is 6.93. The summed E-state index contributed by atoms with van der Waals surface area (Å²) in [5.41, 5.74) is 1.75. The topological polar surface area (TPSA) is 31.2 Å². The summed E-state index contributed by atoms with van der Waals surface area (Å²) >= 11 is 0. The first-order valence-electron chi connectivity index (χ1n) is 6.93. The molecular weight excluding hydrogens is 238 g/mol. The van der Waals surface area contributed by atoms with Crippen molar-refractivity contribution in [3.63, 3.8) is 0 Å². The molecule has 0 aliphatic heterocycles. The summed E-state index contributed by atoms with van der Waals surface area (Å²) in [5.74, 6) is 0.882. The lowest BCUT2D eigenvalue weighted by atomic mass is 10.2. The predicted octanol–water partition coefficient (Wildman–Crippen LogP) is 3.95. The Balaban J connectivity index is 2.03. The van der Waals surface area contributed by atoms with Crippen molar-refractivity contribution in [2.75, 3.05) is 6.61 Å². The van der Waals surface area contributed by atoms with Crippen LogP contribution in [0.4, 0.5) is 0 Å². The van der Waals surface area contributed by atoms with Gasteiger partial charge in [-0.3, -0.25) is 4.79 Å². The Morgan fingerprint density at radius 1 is 1.21 bits per heavy atom. The normalized spacial score (nSPS) is 10.8. The smallest absolute Gasteiger partial charge is 0.166 e. The number of carbonyl (C=O) groups excluding carboxylic acids is 1. The first-order chi connectivity index (χ1) is 9.26. The van der Waals surface area contributed by atoms with Crippen LogP contribution in [0.1, 0.15) is 43.1 Å². The molecule has 2 rings (SSSR count). The summed E-state index contributed by atoms with van der Waals surface area (Å²) in [6, 6.07) is 7.87. The van der Waals surface area contributed by atoms with Gasteiger partial charge in [0.2, 0.25) is 0 Å². The number of aromatic nitrogens is 1. The summed E-state index contributed by atoms with van der Waals surface area (Å²) in [4.78, 5) is 10.9. The number of ether oxygens (including phenoxy) is 1. The maximum Gasteiger partial charge on any atom is 0.166 e. The summed E-state index contributed by atoms with van der Waals surface area (Å²) < 4.78 is 7.64. The van der Waals surface area contributed by atoms with Gasteiger partial charge in [0.1, 0.15) is 5.75 Å². The van der Waals surface area contributed by atoms with Gasteiger partial charge in [-0.25, -0.2) is 0 Å². The third-order valence-electron chi connectivity index (χ3n) is 3.44. The number of carbonyl (C=O) groups is 1. The first kappa shape index (κ1) is 13.7. The zero-order valence-electron chi connectivity index (χ0n) is 11.7. The average Bonchev–Trinajstić information content (AvgIpc) is 2.75. The molecule has 3 heteroatoms. The molecule has 0 aliphatic rings. The lowest BCUT2D eigenvalue weighted by molar-refractivity contribution is 0.111. The number of benzene rings is 1. The van der Waals surface area contributed by atoms with Gasteiger partial charge >= 0.3 is 0 Å². The standard InChI is InChI=1S/C16H21NO2/c1-3-4-5-6-9-19-15-7-8-16-13(11-15)10-14(12-18)17(16)2/h7-8,10-12H,3-6,9H2,1-2H3. The van der Waals surface area contributed by atoms with Crippen LogP contribution in [-0.4, -0.2) is 17.5 Å². The summed E-state index contributed by atoms with van der Waals surface area (Å²) in [6.45, 7) is 2.97. The van der Waals surface area contributed by atoms with E-state index >= 15 is 0 Å². The van der Waals surface area contributed by atoms with Crippen molar-refractivity contribution in [3.05, 3.63) is 30.0 Å². The van der Waals surface area contributed by atoms with E-state index in [4.69, 9.17) is 4.74 Å². The Labute approximate surface area is 114 Å². The van der Waals surface area contributed by atoms with E-state index in [1.807, 2.05) is 35.9 Å². The Morgan fingerprint density at radius 2 is 2.05 bits per heavy atom. The lowest BCUT2D eigenvalue weighted by Crippen LogP contribution is -1.97. The Hall–Kier alpha value is -1.77. The summed E-state index contributed by atoms with van der Waals surface area (Å²) in [6.07, 6.45) is 5.71. The predicted molar refractivity (Wildman–Crippen MR) is 77.9 cm³/mol. The molecular formula is C16H21NO2. The third-order valence-corrected chi connectivity index (χ3v) is 3.44. The van der Waals surface area contributed by atoms with E-state index in [2.05, 4.69) is 6.92 Å². The van der Waals surface area contributed by atoms with E-state index in [-0.39, 0.29) is 0 Å². The number of rotatable bonds is 7. The van der Waals surface area contributed by atoms with Crippen LogP contribution in [0.25, 0.3) is 10.9 Å². The van der Waals surface area contributed by atoms with Crippen molar-refractivity contribution in [1.82, 2.24) is 4.57 Å². The van der Waals surface area contributed by atoms with Crippen LogP contribution >= 0.6 is 0 Å². The zero-order chi connectivity index (χ0) is 13.7. The van der Waals surface area contributed by atoms with Crippen molar-refractivity contribution in [2.24, 2.45) is 7.05 Å². The van der Waals surface area contributed by atoms with E-state index in [1.54, 1.807) is 0 Å². The van der Waals surface area contributed by atoms with Gasteiger partial charge in [-0.05, 0) is 30.7 Å². The van der Waals surface area contributed by atoms with Gasteiger partial charge in [0.25, 0.3) is 0 Å². The SMILES string of the molecule is CCCCCCOc1ccc2c(c1)cc(C=O)n2C. The molecule has 0 radical (unpaired) electrons. The number of nitrogens with zero attached hydrogens (tertiary/aromatic N) is 1. The molecule has 0 bridgehead atoms. The minimum atomic E-state index is 0.690.